The Kier molecular flexibility index (Phi) is 4.35. The molecule has 6 heteroatoms. The Bertz CT molecular complexity index is 603. The molecule has 0 unspecified atom stereocenters. The lowest BCUT2D eigenvalue weighted by Crippen LogP contribution is -2.45. The molecular weight excluding hydrogens is 301 g/mol. The highest BCUT2D eigenvalue weighted by molar-refractivity contribution is 5.81. The number of amides is 1. The summed E-state index contributed by atoms with van der Waals surface area (Å²) in [6.07, 6.45) is 1.28. The second-order valence-corrected chi connectivity index (χ2v) is 6.38. The number of carbonyl (C=O) groups excluding carboxylic acids is 1. The van der Waals surface area contributed by atoms with Gasteiger partial charge in [-0.15, -0.1) is 0 Å². The van der Waals surface area contributed by atoms with Gasteiger partial charge >= 0.3 is 5.97 Å². The Balaban J connectivity index is 1.62. The van der Waals surface area contributed by atoms with Crippen LogP contribution in [0.5, 0.6) is 0 Å². The zero-order valence-corrected chi connectivity index (χ0v) is 12.8. The van der Waals surface area contributed by atoms with Crippen molar-refractivity contribution in [2.75, 3.05) is 26.3 Å². The molecule has 2 aliphatic rings. The number of likely N-dealkylation sites (tertiary alicyclic amines) is 1. The molecule has 1 N–H and O–H groups in total. The highest BCUT2D eigenvalue weighted by Gasteiger charge is 2.54. The van der Waals surface area contributed by atoms with Gasteiger partial charge in [0, 0.05) is 32.0 Å². The van der Waals surface area contributed by atoms with Crippen LogP contribution in [0, 0.1) is 17.2 Å². The van der Waals surface area contributed by atoms with Gasteiger partial charge in [-0.25, -0.2) is 4.39 Å². The van der Waals surface area contributed by atoms with Crippen molar-refractivity contribution in [3.8, 4) is 0 Å². The van der Waals surface area contributed by atoms with E-state index < -0.39 is 11.4 Å². The fourth-order valence-corrected chi connectivity index (χ4v) is 3.55. The van der Waals surface area contributed by atoms with E-state index in [4.69, 9.17) is 4.74 Å². The standard InChI is InChI=1S/C17H20FNO4/c18-14-4-1-12(2-5-14)3-6-15(20)19-9-13-10-23-8-7-17(13,11-19)16(21)22/h1-2,4-5,13H,3,6-11H2,(H,21,22)/t13-,17+/m0/s1. The molecule has 0 spiro atoms. The fraction of sp³-hybridized carbons (Fsp3) is 0.529. The number of rotatable bonds is 4. The largest absolute Gasteiger partial charge is 0.481 e. The minimum Gasteiger partial charge on any atom is -0.481 e. The molecule has 0 aromatic heterocycles. The van der Waals surface area contributed by atoms with Gasteiger partial charge in [0.15, 0.2) is 0 Å². The maximum atomic E-state index is 12.9. The second kappa shape index (κ2) is 6.28. The molecule has 3 rings (SSSR count). The summed E-state index contributed by atoms with van der Waals surface area (Å²) in [5, 5.41) is 9.60. The van der Waals surface area contributed by atoms with Crippen LogP contribution < -0.4 is 0 Å². The Hall–Kier alpha value is -1.95. The van der Waals surface area contributed by atoms with E-state index in [0.29, 0.717) is 39.0 Å². The van der Waals surface area contributed by atoms with Gasteiger partial charge < -0.3 is 14.7 Å². The first kappa shape index (κ1) is 15.9. The van der Waals surface area contributed by atoms with Crippen LogP contribution in [0.15, 0.2) is 24.3 Å². The monoisotopic (exact) mass is 321 g/mol. The summed E-state index contributed by atoms with van der Waals surface area (Å²) in [5.41, 5.74) is 0.0386. The minimum absolute atomic E-state index is 0.0515. The number of carbonyl (C=O) groups is 2. The molecule has 124 valence electrons. The summed E-state index contributed by atoms with van der Waals surface area (Å²) in [7, 11) is 0. The van der Waals surface area contributed by atoms with Crippen molar-refractivity contribution in [3.05, 3.63) is 35.6 Å². The molecule has 2 heterocycles. The lowest BCUT2D eigenvalue weighted by atomic mass is 9.74. The number of aryl methyl sites for hydroxylation is 1. The van der Waals surface area contributed by atoms with Gasteiger partial charge in [0.1, 0.15) is 5.82 Å². The van der Waals surface area contributed by atoms with E-state index in [1.807, 2.05) is 0 Å². The molecule has 1 aromatic rings. The van der Waals surface area contributed by atoms with E-state index >= 15 is 0 Å². The number of halogens is 1. The van der Waals surface area contributed by atoms with Crippen LogP contribution in [-0.4, -0.2) is 48.2 Å². The van der Waals surface area contributed by atoms with Crippen LogP contribution in [0.3, 0.4) is 0 Å². The predicted molar refractivity (Wildman–Crippen MR) is 80.3 cm³/mol. The quantitative estimate of drug-likeness (QED) is 0.917. The maximum Gasteiger partial charge on any atom is 0.311 e. The average molecular weight is 321 g/mol. The summed E-state index contributed by atoms with van der Waals surface area (Å²) in [6.45, 7) is 1.53. The topological polar surface area (TPSA) is 66.8 Å². The molecule has 2 aliphatic heterocycles. The van der Waals surface area contributed by atoms with Crippen molar-refractivity contribution >= 4 is 11.9 Å². The molecule has 1 aromatic carbocycles. The van der Waals surface area contributed by atoms with Crippen molar-refractivity contribution in [2.24, 2.45) is 11.3 Å². The van der Waals surface area contributed by atoms with Gasteiger partial charge in [-0.1, -0.05) is 12.1 Å². The second-order valence-electron chi connectivity index (χ2n) is 6.38. The van der Waals surface area contributed by atoms with E-state index in [0.717, 1.165) is 5.56 Å². The molecule has 0 aliphatic carbocycles. The van der Waals surface area contributed by atoms with Crippen molar-refractivity contribution in [1.29, 1.82) is 0 Å². The zero-order chi connectivity index (χ0) is 16.4. The van der Waals surface area contributed by atoms with E-state index in [1.165, 1.54) is 12.1 Å². The maximum absolute atomic E-state index is 12.9. The molecule has 5 nitrogen and oxygen atoms in total. The third-order valence-electron chi connectivity index (χ3n) is 5.03. The number of carboxylic acids is 1. The van der Waals surface area contributed by atoms with E-state index in [9.17, 15) is 19.1 Å². The number of fused-ring (bicyclic) bond motifs is 1. The van der Waals surface area contributed by atoms with Gasteiger partial charge in [-0.05, 0) is 30.5 Å². The number of hydrogen-bond donors (Lipinski definition) is 1. The number of nitrogens with zero attached hydrogens (tertiary/aromatic N) is 1. The molecule has 0 saturated carbocycles. The first-order valence-electron chi connectivity index (χ1n) is 7.85. The Morgan fingerprint density at radius 2 is 2.09 bits per heavy atom. The van der Waals surface area contributed by atoms with Crippen LogP contribution in [0.2, 0.25) is 0 Å². The van der Waals surface area contributed by atoms with Gasteiger partial charge in [-0.3, -0.25) is 9.59 Å². The molecular formula is C17H20FNO4. The summed E-state index contributed by atoms with van der Waals surface area (Å²) in [5.74, 6) is -1.32. The number of aliphatic carboxylic acids is 1. The number of hydrogen-bond acceptors (Lipinski definition) is 3. The molecule has 1 amide bonds. The third kappa shape index (κ3) is 3.08. The molecule has 2 saturated heterocycles. The summed E-state index contributed by atoms with van der Waals surface area (Å²) in [4.78, 5) is 25.8. The van der Waals surface area contributed by atoms with Gasteiger partial charge in [0.25, 0.3) is 0 Å². The van der Waals surface area contributed by atoms with Crippen LogP contribution >= 0.6 is 0 Å². The van der Waals surface area contributed by atoms with Crippen molar-refractivity contribution in [1.82, 2.24) is 4.90 Å². The summed E-state index contributed by atoms with van der Waals surface area (Å²) < 4.78 is 18.3. The zero-order valence-electron chi connectivity index (χ0n) is 12.8. The lowest BCUT2D eigenvalue weighted by Gasteiger charge is -2.33. The highest BCUT2D eigenvalue weighted by atomic mass is 19.1. The van der Waals surface area contributed by atoms with Crippen LogP contribution in [0.25, 0.3) is 0 Å². The summed E-state index contributed by atoms with van der Waals surface area (Å²) in [6, 6.07) is 6.08. The van der Waals surface area contributed by atoms with Gasteiger partial charge in [-0.2, -0.15) is 0 Å². The SMILES string of the molecule is O=C(CCc1ccc(F)cc1)N1C[C@H]2COCC[C@@]2(C(=O)O)C1. The fourth-order valence-electron chi connectivity index (χ4n) is 3.55. The number of ether oxygens (including phenoxy) is 1. The first-order valence-corrected chi connectivity index (χ1v) is 7.85. The van der Waals surface area contributed by atoms with Crippen molar-refractivity contribution in [3.63, 3.8) is 0 Å². The lowest BCUT2D eigenvalue weighted by molar-refractivity contribution is -0.157. The van der Waals surface area contributed by atoms with Crippen molar-refractivity contribution < 1.29 is 23.8 Å². The van der Waals surface area contributed by atoms with E-state index in [2.05, 4.69) is 0 Å². The molecule has 2 fully saturated rings. The van der Waals surface area contributed by atoms with Crippen LogP contribution in [0.1, 0.15) is 18.4 Å². The number of benzene rings is 1. The summed E-state index contributed by atoms with van der Waals surface area (Å²) >= 11 is 0. The average Bonchev–Trinajstić information content (AvgIpc) is 2.95. The Morgan fingerprint density at radius 1 is 1.35 bits per heavy atom. The number of carboxylic acid groups (broad SMARTS) is 1. The van der Waals surface area contributed by atoms with Gasteiger partial charge in [0.05, 0.1) is 12.0 Å². The third-order valence-corrected chi connectivity index (χ3v) is 5.03. The van der Waals surface area contributed by atoms with E-state index in [-0.39, 0.29) is 24.2 Å². The van der Waals surface area contributed by atoms with Gasteiger partial charge in [0.2, 0.25) is 5.91 Å². The predicted octanol–water partition coefficient (Wildman–Crippen LogP) is 1.71. The first-order chi connectivity index (χ1) is 11.0. The normalized spacial score (nSPS) is 26.8. The molecule has 23 heavy (non-hydrogen) atoms. The van der Waals surface area contributed by atoms with Crippen molar-refractivity contribution in [2.45, 2.75) is 19.3 Å². The minimum atomic E-state index is -0.857. The molecule has 0 bridgehead atoms. The Morgan fingerprint density at radius 3 is 2.74 bits per heavy atom. The smallest absolute Gasteiger partial charge is 0.311 e. The van der Waals surface area contributed by atoms with Crippen LogP contribution in [-0.2, 0) is 20.7 Å². The van der Waals surface area contributed by atoms with E-state index in [1.54, 1.807) is 17.0 Å². The Labute approximate surface area is 134 Å². The molecule has 0 radical (unpaired) electrons. The van der Waals surface area contributed by atoms with Crippen LogP contribution in [0.4, 0.5) is 4.39 Å². The highest BCUT2D eigenvalue weighted by Crippen LogP contribution is 2.42. The molecule has 2 atom stereocenters.